The number of halogens is 2. The minimum absolute atomic E-state index is 0.202. The standard InChI is InChI=1S/C15H21BrFNO2/c1-14(19,12-5-4-11(16)8-13(12)17)9-18-10-15(20)6-2-3-7-15/h4-5,8,18-20H,2-3,6-7,9-10H2,1H3. The van der Waals surface area contributed by atoms with Crippen molar-refractivity contribution < 1.29 is 14.6 Å². The molecular weight excluding hydrogens is 325 g/mol. The first kappa shape index (κ1) is 15.9. The molecule has 2 rings (SSSR count). The van der Waals surface area contributed by atoms with Gasteiger partial charge in [-0.15, -0.1) is 0 Å². The Balaban J connectivity index is 1.96. The third-order valence-corrected chi connectivity index (χ3v) is 4.46. The maximum atomic E-state index is 13.9. The van der Waals surface area contributed by atoms with Crippen molar-refractivity contribution in [1.82, 2.24) is 5.32 Å². The van der Waals surface area contributed by atoms with Crippen LogP contribution in [0, 0.1) is 5.82 Å². The number of nitrogens with one attached hydrogen (secondary N) is 1. The molecule has 1 aromatic rings. The van der Waals surface area contributed by atoms with Crippen LogP contribution in [0.25, 0.3) is 0 Å². The second-order valence-corrected chi connectivity index (χ2v) is 6.85. The molecule has 20 heavy (non-hydrogen) atoms. The smallest absolute Gasteiger partial charge is 0.130 e. The van der Waals surface area contributed by atoms with Crippen LogP contribution < -0.4 is 5.32 Å². The molecule has 0 aliphatic heterocycles. The van der Waals surface area contributed by atoms with Crippen molar-refractivity contribution >= 4 is 15.9 Å². The topological polar surface area (TPSA) is 52.5 Å². The fourth-order valence-electron chi connectivity index (χ4n) is 2.77. The average Bonchev–Trinajstić information content (AvgIpc) is 2.75. The van der Waals surface area contributed by atoms with Gasteiger partial charge in [0.05, 0.1) is 5.60 Å². The number of benzene rings is 1. The van der Waals surface area contributed by atoms with E-state index in [1.807, 2.05) is 0 Å². The lowest BCUT2D eigenvalue weighted by molar-refractivity contribution is 0.0243. The Kier molecular flexibility index (Phi) is 4.84. The molecule has 0 radical (unpaired) electrons. The highest BCUT2D eigenvalue weighted by atomic mass is 79.9. The maximum Gasteiger partial charge on any atom is 0.130 e. The van der Waals surface area contributed by atoms with Gasteiger partial charge >= 0.3 is 0 Å². The normalized spacial score (nSPS) is 20.9. The number of hydrogen-bond acceptors (Lipinski definition) is 3. The van der Waals surface area contributed by atoms with Gasteiger partial charge in [-0.3, -0.25) is 0 Å². The second kappa shape index (κ2) is 6.10. The third-order valence-electron chi connectivity index (χ3n) is 3.97. The van der Waals surface area contributed by atoms with Crippen LogP contribution in [0.5, 0.6) is 0 Å². The van der Waals surface area contributed by atoms with Gasteiger partial charge in [-0.2, -0.15) is 0 Å². The zero-order chi connectivity index (χ0) is 14.8. The number of aliphatic hydroxyl groups is 2. The van der Waals surface area contributed by atoms with Crippen LogP contribution in [0.1, 0.15) is 38.2 Å². The summed E-state index contributed by atoms with van der Waals surface area (Å²) in [6.07, 6.45) is 3.65. The second-order valence-electron chi connectivity index (χ2n) is 5.93. The molecule has 1 unspecified atom stereocenters. The summed E-state index contributed by atoms with van der Waals surface area (Å²) < 4.78 is 14.5. The van der Waals surface area contributed by atoms with Crippen LogP contribution in [0.4, 0.5) is 4.39 Å². The highest BCUT2D eigenvalue weighted by Crippen LogP contribution is 2.29. The first-order valence-electron chi connectivity index (χ1n) is 6.93. The first-order chi connectivity index (χ1) is 9.32. The fraction of sp³-hybridized carbons (Fsp3) is 0.600. The van der Waals surface area contributed by atoms with Crippen LogP contribution >= 0.6 is 15.9 Å². The fourth-order valence-corrected chi connectivity index (χ4v) is 3.10. The van der Waals surface area contributed by atoms with Gasteiger partial charge < -0.3 is 15.5 Å². The quantitative estimate of drug-likeness (QED) is 0.768. The van der Waals surface area contributed by atoms with E-state index in [4.69, 9.17) is 0 Å². The molecule has 3 N–H and O–H groups in total. The van der Waals surface area contributed by atoms with Gasteiger partial charge in [-0.05, 0) is 31.9 Å². The summed E-state index contributed by atoms with van der Waals surface area (Å²) >= 11 is 3.20. The molecule has 3 nitrogen and oxygen atoms in total. The molecule has 1 aromatic carbocycles. The number of rotatable bonds is 5. The predicted molar refractivity (Wildman–Crippen MR) is 80.0 cm³/mol. The third kappa shape index (κ3) is 3.79. The Morgan fingerprint density at radius 2 is 2.05 bits per heavy atom. The molecule has 0 heterocycles. The maximum absolute atomic E-state index is 13.9. The zero-order valence-electron chi connectivity index (χ0n) is 11.6. The van der Waals surface area contributed by atoms with E-state index >= 15 is 0 Å². The number of hydrogen-bond donors (Lipinski definition) is 3. The molecule has 0 bridgehead atoms. The molecule has 0 saturated heterocycles. The molecule has 0 amide bonds. The van der Waals surface area contributed by atoms with E-state index in [2.05, 4.69) is 21.2 Å². The molecule has 1 aliphatic carbocycles. The van der Waals surface area contributed by atoms with Crippen LogP contribution in [0.3, 0.4) is 0 Å². The lowest BCUT2D eigenvalue weighted by Crippen LogP contribution is -2.44. The highest BCUT2D eigenvalue weighted by Gasteiger charge is 2.32. The van der Waals surface area contributed by atoms with Gasteiger partial charge in [-0.1, -0.05) is 34.8 Å². The summed E-state index contributed by atoms with van der Waals surface area (Å²) in [6, 6.07) is 4.62. The average molecular weight is 346 g/mol. The van der Waals surface area contributed by atoms with E-state index in [0.717, 1.165) is 25.7 Å². The lowest BCUT2D eigenvalue weighted by Gasteiger charge is -2.28. The predicted octanol–water partition coefficient (Wildman–Crippen LogP) is 2.69. The minimum Gasteiger partial charge on any atom is -0.389 e. The summed E-state index contributed by atoms with van der Waals surface area (Å²) in [6.45, 7) is 2.21. The van der Waals surface area contributed by atoms with Crippen molar-refractivity contribution in [3.63, 3.8) is 0 Å². The van der Waals surface area contributed by atoms with Gasteiger partial charge in [0.25, 0.3) is 0 Å². The van der Waals surface area contributed by atoms with Gasteiger partial charge in [0.15, 0.2) is 0 Å². The van der Waals surface area contributed by atoms with Crippen LogP contribution in [-0.4, -0.2) is 28.9 Å². The SMILES string of the molecule is CC(O)(CNCC1(O)CCCC1)c1ccc(Br)cc1F. The summed E-state index contributed by atoms with van der Waals surface area (Å²) in [4.78, 5) is 0. The van der Waals surface area contributed by atoms with Crippen molar-refractivity contribution in [2.75, 3.05) is 13.1 Å². The molecule has 0 spiro atoms. The largest absolute Gasteiger partial charge is 0.389 e. The van der Waals surface area contributed by atoms with Crippen LogP contribution in [0.15, 0.2) is 22.7 Å². The Morgan fingerprint density at radius 3 is 2.65 bits per heavy atom. The minimum atomic E-state index is -1.31. The molecule has 0 aromatic heterocycles. The van der Waals surface area contributed by atoms with E-state index in [-0.39, 0.29) is 12.1 Å². The van der Waals surface area contributed by atoms with E-state index in [0.29, 0.717) is 11.0 Å². The molecule has 1 atom stereocenters. The van der Waals surface area contributed by atoms with Crippen molar-refractivity contribution in [1.29, 1.82) is 0 Å². The summed E-state index contributed by atoms with van der Waals surface area (Å²) in [5, 5.41) is 23.7. The first-order valence-corrected chi connectivity index (χ1v) is 7.73. The van der Waals surface area contributed by atoms with Gasteiger partial charge in [0, 0.05) is 23.1 Å². The van der Waals surface area contributed by atoms with Crippen molar-refractivity contribution in [2.45, 2.75) is 43.8 Å². The molecule has 5 heteroatoms. The Labute approximate surface area is 127 Å². The van der Waals surface area contributed by atoms with E-state index in [1.54, 1.807) is 19.1 Å². The Morgan fingerprint density at radius 1 is 1.40 bits per heavy atom. The molecule has 1 saturated carbocycles. The molecule has 1 fully saturated rings. The monoisotopic (exact) mass is 345 g/mol. The van der Waals surface area contributed by atoms with E-state index in [1.165, 1.54) is 6.07 Å². The summed E-state index contributed by atoms with van der Waals surface area (Å²) in [7, 11) is 0. The Hall–Kier alpha value is -0.490. The molecule has 1 aliphatic rings. The molecular formula is C15H21BrFNO2. The summed E-state index contributed by atoms with van der Waals surface area (Å²) in [5.74, 6) is -0.439. The van der Waals surface area contributed by atoms with Gasteiger partial charge in [0.1, 0.15) is 11.4 Å². The zero-order valence-corrected chi connectivity index (χ0v) is 13.2. The van der Waals surface area contributed by atoms with Crippen molar-refractivity contribution in [2.24, 2.45) is 0 Å². The van der Waals surface area contributed by atoms with Gasteiger partial charge in [-0.25, -0.2) is 4.39 Å². The van der Waals surface area contributed by atoms with Crippen molar-refractivity contribution in [3.05, 3.63) is 34.1 Å². The van der Waals surface area contributed by atoms with Crippen molar-refractivity contribution in [3.8, 4) is 0 Å². The van der Waals surface area contributed by atoms with Gasteiger partial charge in [0.2, 0.25) is 0 Å². The summed E-state index contributed by atoms with van der Waals surface area (Å²) in [5.41, 5.74) is -1.72. The lowest BCUT2D eigenvalue weighted by atomic mass is 9.94. The van der Waals surface area contributed by atoms with Crippen LogP contribution in [-0.2, 0) is 5.60 Å². The molecule has 112 valence electrons. The Bertz CT molecular complexity index is 473. The highest BCUT2D eigenvalue weighted by molar-refractivity contribution is 9.10. The van der Waals surface area contributed by atoms with Crippen LogP contribution in [0.2, 0.25) is 0 Å². The van der Waals surface area contributed by atoms with E-state index < -0.39 is 17.0 Å². The van der Waals surface area contributed by atoms with E-state index in [9.17, 15) is 14.6 Å².